The molecular formula is C23H24ClN5O6S. The van der Waals surface area contributed by atoms with Crippen LogP contribution in [0.15, 0.2) is 53.7 Å². The summed E-state index contributed by atoms with van der Waals surface area (Å²) in [6.45, 7) is 0.141. The highest BCUT2D eigenvalue weighted by molar-refractivity contribution is 7.90. The molecule has 0 aliphatic heterocycles. The number of halogens is 1. The van der Waals surface area contributed by atoms with Crippen LogP contribution in [0, 0.1) is 10.1 Å². The molecule has 0 unspecified atom stereocenters. The Labute approximate surface area is 213 Å². The zero-order valence-electron chi connectivity index (χ0n) is 19.8. The molecule has 0 saturated carbocycles. The molecule has 0 saturated heterocycles. The number of ether oxygens (including phenoxy) is 1. The molecule has 1 amide bonds. The van der Waals surface area contributed by atoms with E-state index in [1.807, 2.05) is 6.07 Å². The number of carbonyl (C=O) groups excluding carboxylic acids is 1. The zero-order chi connectivity index (χ0) is 26.5. The smallest absolute Gasteiger partial charge is 0.373 e. The van der Waals surface area contributed by atoms with Gasteiger partial charge in [0.15, 0.2) is 0 Å². The number of nitrogens with zero attached hydrogens (tertiary/aromatic N) is 4. The van der Waals surface area contributed by atoms with Gasteiger partial charge in [-0.3, -0.25) is 14.9 Å². The van der Waals surface area contributed by atoms with Gasteiger partial charge in [-0.1, -0.05) is 41.9 Å². The first-order valence-electron chi connectivity index (χ1n) is 10.7. The summed E-state index contributed by atoms with van der Waals surface area (Å²) in [6, 6.07) is 13.6. The van der Waals surface area contributed by atoms with E-state index in [-0.39, 0.29) is 35.5 Å². The third-order valence-electron chi connectivity index (χ3n) is 4.92. The maximum atomic E-state index is 12.2. The largest absolute Gasteiger partial charge is 0.433 e. The predicted octanol–water partition coefficient (Wildman–Crippen LogP) is 3.87. The summed E-state index contributed by atoms with van der Waals surface area (Å²) in [6.07, 6.45) is 1.45. The predicted molar refractivity (Wildman–Crippen MR) is 134 cm³/mol. The number of nitro groups is 1. The van der Waals surface area contributed by atoms with Crippen molar-refractivity contribution in [2.75, 3.05) is 25.7 Å². The molecule has 0 atom stereocenters. The van der Waals surface area contributed by atoms with Gasteiger partial charge in [-0.05, 0) is 35.7 Å². The Morgan fingerprint density at radius 1 is 1.14 bits per heavy atom. The highest BCUT2D eigenvalue weighted by atomic mass is 35.5. The van der Waals surface area contributed by atoms with Crippen molar-refractivity contribution < 1.29 is 22.9 Å². The number of anilines is 1. The van der Waals surface area contributed by atoms with E-state index in [0.29, 0.717) is 12.0 Å². The second-order valence-corrected chi connectivity index (χ2v) is 10.4. The molecule has 0 spiro atoms. The lowest BCUT2D eigenvalue weighted by atomic mass is 10.1. The molecule has 0 radical (unpaired) electrons. The van der Waals surface area contributed by atoms with Gasteiger partial charge in [-0.25, -0.2) is 8.42 Å². The quantitative estimate of drug-likeness (QED) is 0.233. The lowest BCUT2D eigenvalue weighted by Crippen LogP contribution is -2.21. The summed E-state index contributed by atoms with van der Waals surface area (Å²) in [4.78, 5) is 32.3. The number of hydrogen-bond donors (Lipinski definition) is 1. The van der Waals surface area contributed by atoms with Crippen LogP contribution >= 0.6 is 11.6 Å². The van der Waals surface area contributed by atoms with Crippen molar-refractivity contribution in [3.63, 3.8) is 0 Å². The van der Waals surface area contributed by atoms with Crippen molar-refractivity contribution in [2.24, 2.45) is 0 Å². The number of hydrogen-bond acceptors (Lipinski definition) is 9. The third kappa shape index (κ3) is 7.12. The number of nitrogens with one attached hydrogen (secondary N) is 1. The second-order valence-electron chi connectivity index (χ2n) is 8.06. The normalized spacial score (nSPS) is 11.1. The Bertz CT molecular complexity index is 1380. The van der Waals surface area contributed by atoms with Crippen molar-refractivity contribution in [3.05, 3.63) is 74.8 Å². The number of aromatic nitrogens is 2. The Kier molecular flexibility index (Phi) is 8.43. The van der Waals surface area contributed by atoms with E-state index in [0.717, 1.165) is 11.8 Å². The monoisotopic (exact) mass is 533 g/mol. The molecule has 3 rings (SSSR count). The molecule has 11 nitrogen and oxygen atoms in total. The minimum Gasteiger partial charge on any atom is -0.433 e. The fourth-order valence-electron chi connectivity index (χ4n) is 3.13. The van der Waals surface area contributed by atoms with Gasteiger partial charge in [0.25, 0.3) is 5.16 Å². The minimum atomic E-state index is -3.94. The fraction of sp³-hybridized carbons (Fsp3) is 0.261. The topological polar surface area (TPSA) is 145 Å². The Morgan fingerprint density at radius 2 is 1.83 bits per heavy atom. The van der Waals surface area contributed by atoms with Gasteiger partial charge in [0.2, 0.25) is 21.6 Å². The van der Waals surface area contributed by atoms with Gasteiger partial charge in [0.05, 0.1) is 4.92 Å². The van der Waals surface area contributed by atoms with Gasteiger partial charge in [0, 0.05) is 38.3 Å². The number of sulfone groups is 1. The van der Waals surface area contributed by atoms with Crippen molar-refractivity contribution in [1.29, 1.82) is 0 Å². The SMILES string of the molecule is CN(C)C(=O)CCc1cc(Cl)cc(Oc2nc(S(C)(=O)=O)nc(NCc3ccccc3)c2[N+](=O)[O-])c1. The highest BCUT2D eigenvalue weighted by Crippen LogP contribution is 2.37. The van der Waals surface area contributed by atoms with Gasteiger partial charge in [0.1, 0.15) is 5.75 Å². The molecule has 2 aromatic carbocycles. The second kappa shape index (κ2) is 11.3. The van der Waals surface area contributed by atoms with Crippen molar-refractivity contribution in [2.45, 2.75) is 24.5 Å². The van der Waals surface area contributed by atoms with E-state index in [1.54, 1.807) is 50.5 Å². The third-order valence-corrected chi connectivity index (χ3v) is 5.98. The molecule has 1 aromatic heterocycles. The van der Waals surface area contributed by atoms with Crippen LogP contribution in [0.4, 0.5) is 11.5 Å². The van der Waals surface area contributed by atoms with Gasteiger partial charge in [-0.15, -0.1) is 0 Å². The van der Waals surface area contributed by atoms with Crippen molar-refractivity contribution in [3.8, 4) is 11.6 Å². The fourth-order valence-corrected chi connectivity index (χ4v) is 3.89. The molecule has 0 bridgehead atoms. The summed E-state index contributed by atoms with van der Waals surface area (Å²) in [5.74, 6) is -0.877. The van der Waals surface area contributed by atoms with Gasteiger partial charge >= 0.3 is 11.6 Å². The molecule has 36 heavy (non-hydrogen) atoms. The molecule has 13 heteroatoms. The molecule has 0 fully saturated rings. The van der Waals surface area contributed by atoms with Gasteiger partial charge in [-0.2, -0.15) is 9.97 Å². The van der Waals surface area contributed by atoms with E-state index in [2.05, 4.69) is 15.3 Å². The highest BCUT2D eigenvalue weighted by Gasteiger charge is 2.30. The molecule has 3 aromatic rings. The summed E-state index contributed by atoms with van der Waals surface area (Å²) in [7, 11) is -0.652. The summed E-state index contributed by atoms with van der Waals surface area (Å²) < 4.78 is 30.1. The maximum Gasteiger partial charge on any atom is 0.373 e. The molecule has 1 heterocycles. The van der Waals surface area contributed by atoms with E-state index >= 15 is 0 Å². The standard InChI is InChI=1S/C23H24ClN5O6S/c1-28(2)19(30)10-9-16-11-17(24)13-18(12-16)35-22-20(29(31)32)21(26-23(27-22)36(3,33)34)25-14-15-7-5-4-6-8-15/h4-8,11-13H,9-10,14H2,1-3H3,(H,25,26,27). The molecule has 0 aliphatic rings. The van der Waals surface area contributed by atoms with Crippen LogP contribution in [0.3, 0.4) is 0 Å². The van der Waals surface area contributed by atoms with E-state index < -0.39 is 31.5 Å². The molecule has 190 valence electrons. The lowest BCUT2D eigenvalue weighted by Gasteiger charge is -2.13. The zero-order valence-corrected chi connectivity index (χ0v) is 21.3. The summed E-state index contributed by atoms with van der Waals surface area (Å²) in [5.41, 5.74) is 0.804. The van der Waals surface area contributed by atoms with Gasteiger partial charge < -0.3 is 15.0 Å². The van der Waals surface area contributed by atoms with Crippen LogP contribution in [0.5, 0.6) is 11.6 Å². The average Bonchev–Trinajstić information content (AvgIpc) is 2.80. The van der Waals surface area contributed by atoms with Crippen LogP contribution in [0.1, 0.15) is 17.5 Å². The lowest BCUT2D eigenvalue weighted by molar-refractivity contribution is -0.385. The molecule has 0 aliphatic carbocycles. The van der Waals surface area contributed by atoms with Crippen LogP contribution in [-0.2, 0) is 27.6 Å². The first-order chi connectivity index (χ1) is 16.9. The van der Waals surface area contributed by atoms with E-state index in [1.165, 1.54) is 11.0 Å². The Morgan fingerprint density at radius 3 is 2.44 bits per heavy atom. The number of carbonyl (C=O) groups is 1. The Hall–Kier alpha value is -3.77. The maximum absolute atomic E-state index is 12.2. The first-order valence-corrected chi connectivity index (χ1v) is 12.9. The van der Waals surface area contributed by atoms with Crippen LogP contribution in [0.25, 0.3) is 0 Å². The van der Waals surface area contributed by atoms with Crippen molar-refractivity contribution in [1.82, 2.24) is 14.9 Å². The van der Waals surface area contributed by atoms with Crippen LogP contribution in [0.2, 0.25) is 5.02 Å². The number of rotatable bonds is 10. The van der Waals surface area contributed by atoms with Crippen LogP contribution in [-0.4, -0.2) is 54.5 Å². The number of benzene rings is 2. The average molecular weight is 534 g/mol. The number of amides is 1. The van der Waals surface area contributed by atoms with Crippen molar-refractivity contribution >= 4 is 38.9 Å². The van der Waals surface area contributed by atoms with E-state index in [9.17, 15) is 23.3 Å². The molecule has 1 N–H and O–H groups in total. The first kappa shape index (κ1) is 26.8. The number of aryl methyl sites for hydroxylation is 1. The summed E-state index contributed by atoms with van der Waals surface area (Å²) >= 11 is 6.20. The summed E-state index contributed by atoms with van der Waals surface area (Å²) in [5, 5.41) is 14.4. The Balaban J connectivity index is 2.01. The van der Waals surface area contributed by atoms with E-state index in [4.69, 9.17) is 16.3 Å². The minimum absolute atomic E-state index is 0.0872. The molecular weight excluding hydrogens is 510 g/mol. The van der Waals surface area contributed by atoms with Crippen LogP contribution < -0.4 is 10.1 Å².